The molecule has 88 valence electrons. The maximum absolute atomic E-state index is 11.5. The van der Waals surface area contributed by atoms with Crippen molar-refractivity contribution in [3.63, 3.8) is 0 Å². The first-order valence-corrected chi connectivity index (χ1v) is 5.98. The molecule has 2 amide bonds. The van der Waals surface area contributed by atoms with E-state index >= 15 is 0 Å². The smallest absolute Gasteiger partial charge is 0.317 e. The second-order valence-electron chi connectivity index (χ2n) is 4.06. The number of carbonyl (C=O) groups is 1. The Hall–Kier alpha value is -0.770. The molecule has 4 nitrogen and oxygen atoms in total. The van der Waals surface area contributed by atoms with E-state index < -0.39 is 0 Å². The number of hydrogen-bond donors (Lipinski definition) is 2. The summed E-state index contributed by atoms with van der Waals surface area (Å²) < 4.78 is 0. The van der Waals surface area contributed by atoms with Gasteiger partial charge in [-0.25, -0.2) is 4.79 Å². The number of aliphatic hydroxyl groups excluding tert-OH is 1. The molecule has 0 saturated carbocycles. The molecule has 1 rings (SSSR count). The van der Waals surface area contributed by atoms with Crippen molar-refractivity contribution in [1.29, 1.82) is 0 Å². The van der Waals surface area contributed by atoms with E-state index in [9.17, 15) is 4.79 Å². The van der Waals surface area contributed by atoms with Gasteiger partial charge in [-0.15, -0.1) is 0 Å². The number of nitrogens with one attached hydrogen (secondary N) is 1. The van der Waals surface area contributed by atoms with Gasteiger partial charge < -0.3 is 15.3 Å². The lowest BCUT2D eigenvalue weighted by atomic mass is 10.2. The van der Waals surface area contributed by atoms with Gasteiger partial charge in [-0.2, -0.15) is 0 Å². The average molecular weight is 214 g/mol. The Labute approximate surface area is 91.6 Å². The minimum absolute atomic E-state index is 0.0923. The van der Waals surface area contributed by atoms with Crippen LogP contribution in [0.1, 0.15) is 38.5 Å². The zero-order chi connectivity index (χ0) is 10.9. The highest BCUT2D eigenvalue weighted by Crippen LogP contribution is 2.07. The van der Waals surface area contributed by atoms with E-state index in [0.29, 0.717) is 0 Å². The lowest BCUT2D eigenvalue weighted by Gasteiger charge is -2.15. The highest BCUT2D eigenvalue weighted by Gasteiger charge is 2.16. The molecule has 1 heterocycles. The quantitative estimate of drug-likeness (QED) is 0.656. The molecular weight excluding hydrogens is 192 g/mol. The van der Waals surface area contributed by atoms with E-state index in [0.717, 1.165) is 58.2 Å². The molecule has 0 bridgehead atoms. The van der Waals surface area contributed by atoms with E-state index in [1.54, 1.807) is 0 Å². The van der Waals surface area contributed by atoms with Gasteiger partial charge in [0.2, 0.25) is 0 Å². The Morgan fingerprint density at radius 3 is 2.47 bits per heavy atom. The first-order chi connectivity index (χ1) is 7.34. The third-order valence-corrected chi connectivity index (χ3v) is 2.75. The first kappa shape index (κ1) is 12.3. The van der Waals surface area contributed by atoms with Gasteiger partial charge in [0, 0.05) is 26.2 Å². The number of unbranched alkanes of at least 4 members (excludes halogenated alkanes) is 3. The van der Waals surface area contributed by atoms with Crippen molar-refractivity contribution in [3.8, 4) is 0 Å². The molecule has 2 N–H and O–H groups in total. The maximum atomic E-state index is 11.5. The molecule has 1 aliphatic rings. The zero-order valence-corrected chi connectivity index (χ0v) is 9.37. The van der Waals surface area contributed by atoms with Crippen LogP contribution in [0.3, 0.4) is 0 Å². The fraction of sp³-hybridized carbons (Fsp3) is 0.909. The summed E-state index contributed by atoms with van der Waals surface area (Å²) in [6.07, 6.45) is 6.31. The molecule has 1 fully saturated rings. The first-order valence-electron chi connectivity index (χ1n) is 5.98. The van der Waals surface area contributed by atoms with Gasteiger partial charge in [0.05, 0.1) is 0 Å². The summed E-state index contributed by atoms with van der Waals surface area (Å²) in [6, 6.07) is 0.0923. The van der Waals surface area contributed by atoms with Crippen molar-refractivity contribution < 1.29 is 9.90 Å². The molecule has 0 radical (unpaired) electrons. The minimum atomic E-state index is 0.0923. The summed E-state index contributed by atoms with van der Waals surface area (Å²) in [5.74, 6) is 0. The third kappa shape index (κ3) is 5.02. The Bertz CT molecular complexity index is 179. The summed E-state index contributed by atoms with van der Waals surface area (Å²) in [7, 11) is 0. The predicted molar refractivity (Wildman–Crippen MR) is 59.8 cm³/mol. The fourth-order valence-corrected chi connectivity index (χ4v) is 1.82. The lowest BCUT2D eigenvalue weighted by molar-refractivity contribution is 0.208. The van der Waals surface area contributed by atoms with E-state index in [1.807, 2.05) is 4.90 Å². The van der Waals surface area contributed by atoms with Crippen molar-refractivity contribution >= 4 is 6.03 Å². The number of nitrogens with zero attached hydrogens (tertiary/aromatic N) is 1. The number of hydrogen-bond acceptors (Lipinski definition) is 2. The molecule has 0 spiro atoms. The summed E-state index contributed by atoms with van der Waals surface area (Å²) in [5, 5.41) is 11.5. The molecule has 0 aromatic rings. The molecule has 0 aromatic carbocycles. The molecule has 1 saturated heterocycles. The number of likely N-dealkylation sites (tertiary alicyclic amines) is 1. The summed E-state index contributed by atoms with van der Waals surface area (Å²) in [6.45, 7) is 2.87. The van der Waals surface area contributed by atoms with Crippen LogP contribution in [0.4, 0.5) is 4.79 Å². The Kier molecular flexibility index (Phi) is 6.16. The minimum Gasteiger partial charge on any atom is -0.396 e. The van der Waals surface area contributed by atoms with Crippen LogP contribution < -0.4 is 5.32 Å². The second kappa shape index (κ2) is 7.51. The van der Waals surface area contributed by atoms with Crippen LogP contribution in [0.25, 0.3) is 0 Å². The highest BCUT2D eigenvalue weighted by molar-refractivity contribution is 5.74. The topological polar surface area (TPSA) is 52.6 Å². The summed E-state index contributed by atoms with van der Waals surface area (Å²) in [4.78, 5) is 13.4. The van der Waals surface area contributed by atoms with Crippen LogP contribution in [-0.2, 0) is 0 Å². The zero-order valence-electron chi connectivity index (χ0n) is 9.37. The molecule has 1 aliphatic heterocycles. The highest BCUT2D eigenvalue weighted by atomic mass is 16.2. The maximum Gasteiger partial charge on any atom is 0.317 e. The fourth-order valence-electron chi connectivity index (χ4n) is 1.82. The van der Waals surface area contributed by atoms with Crippen LogP contribution in [0.15, 0.2) is 0 Å². The van der Waals surface area contributed by atoms with Crippen molar-refractivity contribution in [2.24, 2.45) is 0 Å². The van der Waals surface area contributed by atoms with Crippen LogP contribution in [0, 0.1) is 0 Å². The molecule has 15 heavy (non-hydrogen) atoms. The molecule has 0 aliphatic carbocycles. The van der Waals surface area contributed by atoms with E-state index in [-0.39, 0.29) is 12.6 Å². The van der Waals surface area contributed by atoms with Crippen molar-refractivity contribution in [1.82, 2.24) is 10.2 Å². The molecule has 0 aromatic heterocycles. The Morgan fingerprint density at radius 1 is 1.13 bits per heavy atom. The van der Waals surface area contributed by atoms with Crippen LogP contribution in [-0.4, -0.2) is 42.3 Å². The lowest BCUT2D eigenvalue weighted by Crippen LogP contribution is -2.38. The molecule has 0 unspecified atom stereocenters. The van der Waals surface area contributed by atoms with E-state index in [1.165, 1.54) is 0 Å². The van der Waals surface area contributed by atoms with Gasteiger partial charge in [0.25, 0.3) is 0 Å². The average Bonchev–Trinajstić information content (AvgIpc) is 2.76. The van der Waals surface area contributed by atoms with E-state index in [2.05, 4.69) is 5.32 Å². The van der Waals surface area contributed by atoms with Crippen molar-refractivity contribution in [2.75, 3.05) is 26.2 Å². The summed E-state index contributed by atoms with van der Waals surface area (Å²) in [5.41, 5.74) is 0. The van der Waals surface area contributed by atoms with Gasteiger partial charge in [0.15, 0.2) is 0 Å². The van der Waals surface area contributed by atoms with Crippen molar-refractivity contribution in [2.45, 2.75) is 38.5 Å². The van der Waals surface area contributed by atoms with Gasteiger partial charge >= 0.3 is 6.03 Å². The molecule has 0 atom stereocenters. The van der Waals surface area contributed by atoms with E-state index in [4.69, 9.17) is 5.11 Å². The van der Waals surface area contributed by atoms with Gasteiger partial charge in [-0.3, -0.25) is 0 Å². The van der Waals surface area contributed by atoms with Gasteiger partial charge in [-0.05, 0) is 25.7 Å². The SMILES string of the molecule is O=C(NCCCCCCO)N1CCCC1. The van der Waals surface area contributed by atoms with Gasteiger partial charge in [0.1, 0.15) is 0 Å². The normalized spacial score (nSPS) is 15.7. The summed E-state index contributed by atoms with van der Waals surface area (Å²) >= 11 is 0. The number of rotatable bonds is 6. The molecule has 4 heteroatoms. The number of carbonyl (C=O) groups excluding carboxylic acids is 1. The van der Waals surface area contributed by atoms with Crippen molar-refractivity contribution in [3.05, 3.63) is 0 Å². The number of urea groups is 1. The van der Waals surface area contributed by atoms with Crippen LogP contribution in [0.5, 0.6) is 0 Å². The van der Waals surface area contributed by atoms with Crippen LogP contribution in [0.2, 0.25) is 0 Å². The third-order valence-electron chi connectivity index (χ3n) is 2.75. The van der Waals surface area contributed by atoms with Gasteiger partial charge in [-0.1, -0.05) is 12.8 Å². The molecular formula is C11H22N2O2. The predicted octanol–water partition coefficient (Wildman–Crippen LogP) is 1.34. The Morgan fingerprint density at radius 2 is 1.80 bits per heavy atom. The van der Waals surface area contributed by atoms with Crippen LogP contribution >= 0.6 is 0 Å². The standard InChI is InChI=1S/C11H22N2O2/c14-10-6-2-1-3-7-12-11(15)13-8-4-5-9-13/h14H,1-10H2,(H,12,15). The largest absolute Gasteiger partial charge is 0.396 e. The number of amides is 2. The second-order valence-corrected chi connectivity index (χ2v) is 4.06. The monoisotopic (exact) mass is 214 g/mol. The number of aliphatic hydroxyl groups is 1. The Balaban J connectivity index is 1.92.